The van der Waals surface area contributed by atoms with Crippen molar-refractivity contribution in [3.63, 3.8) is 0 Å². The molecule has 4 heterocycles. The summed E-state index contributed by atoms with van der Waals surface area (Å²) in [6.07, 6.45) is 13.7. The van der Waals surface area contributed by atoms with Gasteiger partial charge < -0.3 is 8.83 Å². The highest BCUT2D eigenvalue weighted by molar-refractivity contribution is 5.90. The number of fused-ring (bicyclic) bond motifs is 3. The lowest BCUT2D eigenvalue weighted by atomic mass is 9.67. The van der Waals surface area contributed by atoms with Crippen LogP contribution in [0, 0.1) is 0 Å². The third-order valence-corrected chi connectivity index (χ3v) is 9.13. The van der Waals surface area contributed by atoms with Crippen LogP contribution in [-0.4, -0.2) is 19.9 Å². The van der Waals surface area contributed by atoms with Gasteiger partial charge in [-0.25, -0.2) is 9.97 Å². The van der Waals surface area contributed by atoms with E-state index in [4.69, 9.17) is 8.83 Å². The predicted octanol–water partition coefficient (Wildman–Crippen LogP) is 9.48. The topological polar surface area (TPSA) is 77.8 Å². The Morgan fingerprint density at radius 3 is 1.26 bits per heavy atom. The lowest BCUT2D eigenvalue weighted by Crippen LogP contribution is -2.28. The molecule has 1 aliphatic rings. The van der Waals surface area contributed by atoms with Gasteiger partial charge in [0.15, 0.2) is 24.3 Å². The maximum absolute atomic E-state index is 5.59. The number of aromatic nitrogens is 4. The summed E-state index contributed by atoms with van der Waals surface area (Å²) in [5.41, 5.74) is 12.6. The van der Waals surface area contributed by atoms with E-state index in [9.17, 15) is 0 Å². The predicted molar refractivity (Wildman–Crippen MR) is 181 cm³/mol. The Hall–Kier alpha value is -6.40. The lowest BCUT2D eigenvalue weighted by molar-refractivity contribution is 0.571. The van der Waals surface area contributed by atoms with E-state index in [1.54, 1.807) is 24.8 Å². The first-order valence-electron chi connectivity index (χ1n) is 15.4. The van der Waals surface area contributed by atoms with E-state index in [0.29, 0.717) is 11.5 Å². The van der Waals surface area contributed by atoms with Crippen LogP contribution in [0.5, 0.6) is 0 Å². The van der Waals surface area contributed by atoms with Crippen molar-refractivity contribution in [2.45, 2.75) is 5.41 Å². The zero-order valence-corrected chi connectivity index (χ0v) is 25.1. The van der Waals surface area contributed by atoms with Gasteiger partial charge >= 0.3 is 0 Å². The van der Waals surface area contributed by atoms with Crippen molar-refractivity contribution in [2.24, 2.45) is 0 Å². The van der Waals surface area contributed by atoms with Crippen molar-refractivity contribution in [3.8, 4) is 56.0 Å². The Morgan fingerprint density at radius 1 is 0.383 bits per heavy atom. The number of oxazole rings is 2. The number of hydrogen-bond acceptors (Lipinski definition) is 6. The zero-order chi connectivity index (χ0) is 31.2. The van der Waals surface area contributed by atoms with Crippen LogP contribution < -0.4 is 0 Å². The molecule has 0 saturated heterocycles. The molecular formula is C41H26N4O2. The van der Waals surface area contributed by atoms with E-state index in [2.05, 4.69) is 129 Å². The van der Waals surface area contributed by atoms with Gasteiger partial charge in [-0.15, -0.1) is 0 Å². The van der Waals surface area contributed by atoms with Gasteiger partial charge in [0.1, 0.15) is 0 Å². The Kier molecular flexibility index (Phi) is 6.25. The summed E-state index contributed by atoms with van der Waals surface area (Å²) in [6, 6.07) is 39.4. The first kappa shape index (κ1) is 27.0. The maximum Gasteiger partial charge on any atom is 0.181 e. The summed E-state index contributed by atoms with van der Waals surface area (Å²) in [5, 5.41) is 0. The van der Waals surface area contributed by atoms with Crippen LogP contribution in [0.25, 0.3) is 56.0 Å². The van der Waals surface area contributed by atoms with Gasteiger partial charge in [-0.05, 0) is 68.8 Å². The molecule has 0 radical (unpaired) electrons. The molecule has 0 spiro atoms. The Balaban J connectivity index is 1.29. The van der Waals surface area contributed by atoms with Crippen LogP contribution in [-0.2, 0) is 5.41 Å². The molecule has 6 heteroatoms. The molecule has 4 aromatic heterocycles. The minimum absolute atomic E-state index is 0.578. The van der Waals surface area contributed by atoms with E-state index < -0.39 is 5.41 Å². The van der Waals surface area contributed by atoms with Gasteiger partial charge in [-0.2, -0.15) is 0 Å². The summed E-state index contributed by atoms with van der Waals surface area (Å²) in [4.78, 5) is 17.3. The average Bonchev–Trinajstić information content (AvgIpc) is 3.93. The summed E-state index contributed by atoms with van der Waals surface area (Å²) in [5.74, 6) is 1.37. The summed E-state index contributed by atoms with van der Waals surface area (Å²) < 4.78 is 11.2. The van der Waals surface area contributed by atoms with E-state index in [0.717, 1.165) is 33.4 Å². The fourth-order valence-electron chi connectivity index (χ4n) is 7.03. The molecule has 0 fully saturated rings. The highest BCUT2D eigenvalue weighted by Crippen LogP contribution is 2.57. The van der Waals surface area contributed by atoms with Gasteiger partial charge in [-0.3, -0.25) is 9.97 Å². The second kappa shape index (κ2) is 10.9. The van der Waals surface area contributed by atoms with E-state index >= 15 is 0 Å². The van der Waals surface area contributed by atoms with Crippen molar-refractivity contribution in [3.05, 3.63) is 181 Å². The van der Waals surface area contributed by atoms with E-state index in [-0.39, 0.29) is 0 Å². The fraction of sp³-hybridized carbons (Fsp3) is 0.0244. The maximum atomic E-state index is 5.59. The van der Waals surface area contributed by atoms with Crippen molar-refractivity contribution in [1.82, 2.24) is 19.9 Å². The highest BCUT2D eigenvalue weighted by atomic mass is 16.3. The molecule has 0 saturated carbocycles. The molecule has 0 amide bonds. The summed E-state index contributed by atoms with van der Waals surface area (Å²) in [6.45, 7) is 0. The first-order chi connectivity index (χ1) is 23.3. The number of benzene rings is 4. The standard InChI is InChI=1S/C41H26N4O2/c1-3-7-33(8-4-1)41(34-9-5-2-6-10-34)37-17-27(29-15-31(21-42-19-29)39-23-44-25-46-39)11-13-35(37)36-14-12-28(18-38(36)41)30-16-32(22-43-20-30)40-24-45-26-47-40/h1-26H. The smallest absolute Gasteiger partial charge is 0.181 e. The molecule has 4 aromatic carbocycles. The molecule has 0 aliphatic heterocycles. The largest absolute Gasteiger partial charge is 0.443 e. The Morgan fingerprint density at radius 2 is 0.830 bits per heavy atom. The van der Waals surface area contributed by atoms with Crippen molar-refractivity contribution >= 4 is 0 Å². The lowest BCUT2D eigenvalue weighted by Gasteiger charge is -2.34. The monoisotopic (exact) mass is 606 g/mol. The summed E-state index contributed by atoms with van der Waals surface area (Å²) in [7, 11) is 0. The van der Waals surface area contributed by atoms with Gasteiger partial charge in [0, 0.05) is 47.0 Å². The molecule has 1 aliphatic carbocycles. The van der Waals surface area contributed by atoms with Crippen LogP contribution in [0.4, 0.5) is 0 Å². The van der Waals surface area contributed by atoms with Crippen LogP contribution in [0.3, 0.4) is 0 Å². The average molecular weight is 607 g/mol. The van der Waals surface area contributed by atoms with Crippen LogP contribution in [0.1, 0.15) is 22.3 Å². The number of hydrogen-bond donors (Lipinski definition) is 0. The van der Waals surface area contributed by atoms with Crippen molar-refractivity contribution in [1.29, 1.82) is 0 Å². The second-order valence-corrected chi connectivity index (χ2v) is 11.7. The highest BCUT2D eigenvalue weighted by Gasteiger charge is 2.46. The van der Waals surface area contributed by atoms with Crippen molar-refractivity contribution in [2.75, 3.05) is 0 Å². The molecule has 0 bridgehead atoms. The third-order valence-electron chi connectivity index (χ3n) is 9.13. The second-order valence-electron chi connectivity index (χ2n) is 11.7. The molecule has 47 heavy (non-hydrogen) atoms. The zero-order valence-electron chi connectivity index (χ0n) is 25.1. The van der Waals surface area contributed by atoms with Crippen molar-refractivity contribution < 1.29 is 8.83 Å². The quantitative estimate of drug-likeness (QED) is 0.188. The molecule has 0 N–H and O–H groups in total. The Labute approximate surface area is 271 Å². The normalized spacial score (nSPS) is 12.9. The van der Waals surface area contributed by atoms with Gasteiger partial charge in [0.05, 0.1) is 17.8 Å². The molecule has 222 valence electrons. The fourth-order valence-corrected chi connectivity index (χ4v) is 7.03. The number of nitrogens with zero attached hydrogens (tertiary/aromatic N) is 4. The van der Waals surface area contributed by atoms with Crippen LogP contribution in [0.2, 0.25) is 0 Å². The minimum atomic E-state index is -0.578. The first-order valence-corrected chi connectivity index (χ1v) is 15.4. The molecule has 0 atom stereocenters. The summed E-state index contributed by atoms with van der Waals surface area (Å²) >= 11 is 0. The molecule has 0 unspecified atom stereocenters. The SMILES string of the molecule is c1ccc(C2(c3ccccc3)c3cc(-c4cncc(-c5cnco5)c4)ccc3-c3ccc(-c4cncc(-c5cnco5)c4)cc32)cc1. The molecular weight excluding hydrogens is 580 g/mol. The number of pyridine rings is 2. The molecule has 6 nitrogen and oxygen atoms in total. The van der Waals surface area contributed by atoms with Gasteiger partial charge in [-0.1, -0.05) is 84.9 Å². The minimum Gasteiger partial charge on any atom is -0.443 e. The van der Waals surface area contributed by atoms with Crippen LogP contribution in [0.15, 0.2) is 168 Å². The van der Waals surface area contributed by atoms with Crippen LogP contribution >= 0.6 is 0 Å². The molecule has 8 aromatic rings. The number of rotatable bonds is 6. The van der Waals surface area contributed by atoms with Gasteiger partial charge in [0.2, 0.25) is 0 Å². The third kappa shape index (κ3) is 4.34. The Bertz CT molecular complexity index is 2180. The van der Waals surface area contributed by atoms with E-state index in [1.165, 1.54) is 46.2 Å². The van der Waals surface area contributed by atoms with E-state index in [1.807, 2.05) is 12.4 Å². The molecule has 9 rings (SSSR count). The van der Waals surface area contributed by atoms with Gasteiger partial charge in [0.25, 0.3) is 0 Å².